The molecule has 2 aliphatic rings. The van der Waals surface area contributed by atoms with E-state index in [9.17, 15) is 9.90 Å². The lowest BCUT2D eigenvalue weighted by atomic mass is 9.69. The van der Waals surface area contributed by atoms with Gasteiger partial charge in [-0.25, -0.2) is 0 Å². The molecule has 4 heteroatoms. The zero-order valence-corrected chi connectivity index (χ0v) is 9.65. The molecule has 2 fully saturated rings. The molecule has 0 aromatic carbocycles. The fourth-order valence-electron chi connectivity index (χ4n) is 2.57. The molecular weight excluding hydrogens is 204 g/mol. The summed E-state index contributed by atoms with van der Waals surface area (Å²) >= 11 is 0. The Morgan fingerprint density at radius 1 is 1.62 bits per heavy atom. The van der Waals surface area contributed by atoms with Gasteiger partial charge in [-0.2, -0.15) is 5.26 Å². The number of hydrogen-bond acceptors (Lipinski definition) is 3. The zero-order valence-electron chi connectivity index (χ0n) is 9.65. The average molecular weight is 222 g/mol. The SMILES string of the molecule is CC(O)C1CCN(C(=O)C2(C#N)CCC2)C1. The number of rotatable bonds is 2. The first-order chi connectivity index (χ1) is 7.59. The van der Waals surface area contributed by atoms with Crippen LogP contribution in [-0.2, 0) is 4.79 Å². The van der Waals surface area contributed by atoms with Gasteiger partial charge in [-0.1, -0.05) is 0 Å². The Balaban J connectivity index is 2.00. The molecule has 0 aromatic rings. The van der Waals surface area contributed by atoms with Gasteiger partial charge in [0.1, 0.15) is 5.41 Å². The third kappa shape index (κ3) is 1.69. The van der Waals surface area contributed by atoms with Crippen LogP contribution in [0.3, 0.4) is 0 Å². The maximum absolute atomic E-state index is 12.2. The van der Waals surface area contributed by atoms with Crippen LogP contribution in [0.1, 0.15) is 32.6 Å². The van der Waals surface area contributed by atoms with Crippen LogP contribution in [0.25, 0.3) is 0 Å². The molecule has 1 heterocycles. The molecule has 88 valence electrons. The number of carbonyl (C=O) groups is 1. The lowest BCUT2D eigenvalue weighted by Crippen LogP contribution is -2.46. The van der Waals surface area contributed by atoms with E-state index < -0.39 is 5.41 Å². The topological polar surface area (TPSA) is 64.3 Å². The zero-order chi connectivity index (χ0) is 11.8. The predicted molar refractivity (Wildman–Crippen MR) is 58.3 cm³/mol. The first-order valence-corrected chi connectivity index (χ1v) is 5.98. The van der Waals surface area contributed by atoms with Gasteiger partial charge in [0, 0.05) is 19.0 Å². The predicted octanol–water partition coefficient (Wildman–Crippen LogP) is 0.910. The number of nitrogens with zero attached hydrogens (tertiary/aromatic N) is 2. The second kappa shape index (κ2) is 4.06. The molecule has 2 rings (SSSR count). The molecular formula is C12H18N2O2. The Morgan fingerprint density at radius 3 is 2.69 bits per heavy atom. The quantitative estimate of drug-likeness (QED) is 0.755. The Kier molecular flexibility index (Phi) is 2.90. The van der Waals surface area contributed by atoms with Gasteiger partial charge in [-0.05, 0) is 32.6 Å². The minimum Gasteiger partial charge on any atom is -0.393 e. The van der Waals surface area contributed by atoms with Crippen LogP contribution in [0.5, 0.6) is 0 Å². The summed E-state index contributed by atoms with van der Waals surface area (Å²) in [4.78, 5) is 13.9. The molecule has 1 aliphatic carbocycles. The molecule has 1 saturated heterocycles. The Hall–Kier alpha value is -1.08. The average Bonchev–Trinajstić information content (AvgIpc) is 2.65. The maximum Gasteiger partial charge on any atom is 0.243 e. The standard InChI is InChI=1S/C12H18N2O2/c1-9(15)10-3-6-14(7-10)11(16)12(8-13)4-2-5-12/h9-10,15H,2-7H2,1H3. The van der Waals surface area contributed by atoms with E-state index in [2.05, 4.69) is 6.07 Å². The minimum absolute atomic E-state index is 0.00981. The molecule has 0 bridgehead atoms. The maximum atomic E-state index is 12.2. The van der Waals surface area contributed by atoms with Crippen molar-refractivity contribution in [3.63, 3.8) is 0 Å². The van der Waals surface area contributed by atoms with Crippen molar-refractivity contribution in [2.24, 2.45) is 11.3 Å². The lowest BCUT2D eigenvalue weighted by Gasteiger charge is -2.36. The fourth-order valence-corrected chi connectivity index (χ4v) is 2.57. The highest BCUT2D eigenvalue weighted by Crippen LogP contribution is 2.42. The number of likely N-dealkylation sites (tertiary alicyclic amines) is 1. The van der Waals surface area contributed by atoms with E-state index in [-0.39, 0.29) is 17.9 Å². The third-order valence-electron chi connectivity index (χ3n) is 4.02. The molecule has 2 atom stereocenters. The highest BCUT2D eigenvalue weighted by Gasteiger charge is 2.48. The molecule has 1 N–H and O–H groups in total. The number of aliphatic hydroxyl groups is 1. The summed E-state index contributed by atoms with van der Waals surface area (Å²) in [6.45, 7) is 3.07. The van der Waals surface area contributed by atoms with Gasteiger partial charge in [0.05, 0.1) is 12.2 Å². The van der Waals surface area contributed by atoms with E-state index in [1.54, 1.807) is 11.8 Å². The van der Waals surface area contributed by atoms with Crippen molar-refractivity contribution in [1.29, 1.82) is 5.26 Å². The number of amides is 1. The second-order valence-electron chi connectivity index (χ2n) is 5.09. The van der Waals surface area contributed by atoms with Crippen molar-refractivity contribution in [3.8, 4) is 6.07 Å². The summed E-state index contributed by atoms with van der Waals surface area (Å²) < 4.78 is 0. The second-order valence-corrected chi connectivity index (χ2v) is 5.09. The van der Waals surface area contributed by atoms with E-state index in [0.29, 0.717) is 25.9 Å². The van der Waals surface area contributed by atoms with E-state index in [0.717, 1.165) is 12.8 Å². The van der Waals surface area contributed by atoms with Crippen LogP contribution in [0, 0.1) is 22.7 Å². The summed E-state index contributed by atoms with van der Waals surface area (Å²) in [6, 6.07) is 2.18. The van der Waals surface area contributed by atoms with Gasteiger partial charge in [0.2, 0.25) is 5.91 Å². The van der Waals surface area contributed by atoms with Gasteiger partial charge in [0.25, 0.3) is 0 Å². The number of aliphatic hydroxyl groups excluding tert-OH is 1. The van der Waals surface area contributed by atoms with Gasteiger partial charge in [0.15, 0.2) is 0 Å². The van der Waals surface area contributed by atoms with E-state index >= 15 is 0 Å². The Labute approximate surface area is 95.9 Å². The first-order valence-electron chi connectivity index (χ1n) is 5.98. The minimum atomic E-state index is -0.729. The molecule has 16 heavy (non-hydrogen) atoms. The fraction of sp³-hybridized carbons (Fsp3) is 0.833. The third-order valence-corrected chi connectivity index (χ3v) is 4.02. The van der Waals surface area contributed by atoms with Crippen LogP contribution >= 0.6 is 0 Å². The van der Waals surface area contributed by atoms with Gasteiger partial charge >= 0.3 is 0 Å². The Morgan fingerprint density at radius 2 is 2.31 bits per heavy atom. The molecule has 1 amide bonds. The summed E-state index contributed by atoms with van der Waals surface area (Å²) in [6.07, 6.45) is 2.88. The Bertz CT molecular complexity index is 328. The number of hydrogen-bond donors (Lipinski definition) is 1. The smallest absolute Gasteiger partial charge is 0.243 e. The summed E-state index contributed by atoms with van der Waals surface area (Å²) in [7, 11) is 0. The first kappa shape index (κ1) is 11.4. The molecule has 1 aliphatic heterocycles. The van der Waals surface area contributed by atoms with Crippen molar-refractivity contribution in [1.82, 2.24) is 4.90 Å². The van der Waals surface area contributed by atoms with E-state index in [1.807, 2.05) is 0 Å². The van der Waals surface area contributed by atoms with Crippen LogP contribution in [0.2, 0.25) is 0 Å². The summed E-state index contributed by atoms with van der Waals surface area (Å²) in [5.41, 5.74) is -0.729. The molecule has 4 nitrogen and oxygen atoms in total. The van der Waals surface area contributed by atoms with Crippen molar-refractivity contribution in [2.45, 2.75) is 38.7 Å². The molecule has 2 unspecified atom stereocenters. The van der Waals surface area contributed by atoms with Crippen molar-refractivity contribution in [2.75, 3.05) is 13.1 Å². The van der Waals surface area contributed by atoms with E-state index in [4.69, 9.17) is 5.26 Å². The van der Waals surface area contributed by atoms with Crippen LogP contribution < -0.4 is 0 Å². The van der Waals surface area contributed by atoms with Crippen LogP contribution in [-0.4, -0.2) is 35.1 Å². The molecule has 0 radical (unpaired) electrons. The van der Waals surface area contributed by atoms with Crippen LogP contribution in [0.4, 0.5) is 0 Å². The monoisotopic (exact) mass is 222 g/mol. The summed E-state index contributed by atoms with van der Waals surface area (Å²) in [5, 5.41) is 18.6. The normalized spacial score (nSPS) is 29.3. The van der Waals surface area contributed by atoms with Crippen molar-refractivity contribution < 1.29 is 9.90 Å². The molecule has 1 saturated carbocycles. The molecule has 0 aromatic heterocycles. The summed E-state index contributed by atoms with van der Waals surface area (Å²) in [5.74, 6) is 0.171. The van der Waals surface area contributed by atoms with Gasteiger partial charge in [-0.15, -0.1) is 0 Å². The highest BCUT2D eigenvalue weighted by atomic mass is 16.3. The number of carbonyl (C=O) groups excluding carboxylic acids is 1. The molecule has 0 spiro atoms. The number of nitriles is 1. The van der Waals surface area contributed by atoms with Gasteiger partial charge < -0.3 is 10.0 Å². The highest BCUT2D eigenvalue weighted by molar-refractivity contribution is 5.86. The van der Waals surface area contributed by atoms with Crippen molar-refractivity contribution >= 4 is 5.91 Å². The van der Waals surface area contributed by atoms with E-state index in [1.165, 1.54) is 0 Å². The van der Waals surface area contributed by atoms with Gasteiger partial charge in [-0.3, -0.25) is 4.79 Å². The van der Waals surface area contributed by atoms with Crippen LogP contribution in [0.15, 0.2) is 0 Å². The lowest BCUT2D eigenvalue weighted by molar-refractivity contribution is -0.142. The largest absolute Gasteiger partial charge is 0.393 e. The van der Waals surface area contributed by atoms with Crippen molar-refractivity contribution in [3.05, 3.63) is 0 Å².